The number of likely N-dealkylation sites (tertiary alicyclic amines) is 1. The highest BCUT2D eigenvalue weighted by Crippen LogP contribution is 2.31. The second kappa shape index (κ2) is 8.37. The molecule has 0 spiro atoms. The number of esters is 1. The minimum atomic E-state index is -0.405. The molecule has 0 radical (unpaired) electrons. The quantitative estimate of drug-likeness (QED) is 0.734. The first kappa shape index (κ1) is 19.1. The number of nitriles is 1. The molecule has 0 unspecified atom stereocenters. The van der Waals surface area contributed by atoms with Crippen LogP contribution >= 0.6 is 0 Å². The number of nitrogens with zero attached hydrogens (tertiary/aromatic N) is 2. The highest BCUT2D eigenvalue weighted by Gasteiger charge is 2.30. The second-order valence-electron chi connectivity index (χ2n) is 7.62. The predicted molar refractivity (Wildman–Crippen MR) is 105 cm³/mol. The molecular weight excluding hydrogens is 336 g/mol. The van der Waals surface area contributed by atoms with Crippen molar-refractivity contribution in [1.82, 2.24) is 4.90 Å². The first-order valence-corrected chi connectivity index (χ1v) is 9.47. The topological polar surface area (TPSA) is 53.3 Å². The van der Waals surface area contributed by atoms with Crippen LogP contribution in [0.4, 0.5) is 0 Å². The minimum Gasteiger partial charge on any atom is -0.457 e. The monoisotopic (exact) mass is 362 g/mol. The van der Waals surface area contributed by atoms with Crippen LogP contribution in [-0.2, 0) is 11.3 Å². The molecular formula is C23H26N2O2. The summed E-state index contributed by atoms with van der Waals surface area (Å²) >= 11 is 0. The van der Waals surface area contributed by atoms with Gasteiger partial charge in [-0.25, -0.2) is 4.79 Å². The maximum absolute atomic E-state index is 12.2. The van der Waals surface area contributed by atoms with E-state index in [9.17, 15) is 10.1 Å². The van der Waals surface area contributed by atoms with Gasteiger partial charge in [0.1, 0.15) is 12.1 Å². The molecule has 0 aromatic heterocycles. The zero-order valence-electron chi connectivity index (χ0n) is 16.0. The van der Waals surface area contributed by atoms with E-state index < -0.39 is 5.54 Å². The lowest BCUT2D eigenvalue weighted by molar-refractivity contribution is 0.0472. The van der Waals surface area contributed by atoms with Gasteiger partial charge in [0.15, 0.2) is 0 Å². The molecule has 1 aliphatic rings. The molecule has 3 rings (SSSR count). The molecule has 1 fully saturated rings. The van der Waals surface area contributed by atoms with E-state index in [1.807, 2.05) is 68.4 Å². The van der Waals surface area contributed by atoms with Gasteiger partial charge in [-0.15, -0.1) is 0 Å². The molecule has 2 aromatic carbocycles. The fraction of sp³-hybridized carbons (Fsp3) is 0.391. The molecule has 0 N–H and O–H groups in total. The van der Waals surface area contributed by atoms with Crippen molar-refractivity contribution in [3.63, 3.8) is 0 Å². The number of ether oxygens (including phenoxy) is 1. The number of hydrogen-bond acceptors (Lipinski definition) is 4. The van der Waals surface area contributed by atoms with Crippen LogP contribution < -0.4 is 0 Å². The molecule has 4 nitrogen and oxygen atoms in total. The van der Waals surface area contributed by atoms with Crippen molar-refractivity contribution in [3.8, 4) is 6.07 Å². The Kier molecular flexibility index (Phi) is 5.93. The Bertz CT molecular complexity index is 799. The molecule has 0 bridgehead atoms. The first-order valence-electron chi connectivity index (χ1n) is 9.47. The zero-order valence-corrected chi connectivity index (χ0v) is 16.0. The van der Waals surface area contributed by atoms with Crippen LogP contribution in [0.25, 0.3) is 0 Å². The van der Waals surface area contributed by atoms with Gasteiger partial charge in [0.2, 0.25) is 0 Å². The molecule has 0 aliphatic carbocycles. The van der Waals surface area contributed by atoms with Gasteiger partial charge in [-0.2, -0.15) is 5.26 Å². The summed E-state index contributed by atoms with van der Waals surface area (Å²) in [5.41, 5.74) is 2.41. The number of benzene rings is 2. The molecule has 0 atom stereocenters. The van der Waals surface area contributed by atoms with E-state index in [2.05, 4.69) is 11.0 Å². The normalized spacial score (nSPS) is 15.9. The standard InChI is InChI=1S/C23H26N2O2/c1-23(2,17-24)25-14-12-20(13-15-25)19-8-10-21(11-9-19)22(26)27-16-18-6-4-3-5-7-18/h3-11,20H,12-16H2,1-2H3. The summed E-state index contributed by atoms with van der Waals surface area (Å²) in [5.74, 6) is 0.182. The summed E-state index contributed by atoms with van der Waals surface area (Å²) in [4.78, 5) is 14.5. The molecule has 0 saturated carbocycles. The van der Waals surface area contributed by atoms with Gasteiger partial charge in [-0.3, -0.25) is 4.90 Å². The number of carbonyl (C=O) groups is 1. The molecule has 1 aliphatic heterocycles. The van der Waals surface area contributed by atoms with Gasteiger partial charge in [0.05, 0.1) is 11.6 Å². The van der Waals surface area contributed by atoms with E-state index >= 15 is 0 Å². The Morgan fingerprint density at radius 1 is 1.11 bits per heavy atom. The number of hydrogen-bond donors (Lipinski definition) is 0. The van der Waals surface area contributed by atoms with Gasteiger partial charge in [0.25, 0.3) is 0 Å². The van der Waals surface area contributed by atoms with Crippen LogP contribution in [0.3, 0.4) is 0 Å². The molecule has 140 valence electrons. The fourth-order valence-electron chi connectivity index (χ4n) is 3.54. The number of carbonyl (C=O) groups excluding carboxylic acids is 1. The predicted octanol–water partition coefficient (Wildman–Crippen LogP) is 4.53. The van der Waals surface area contributed by atoms with Crippen molar-refractivity contribution in [2.75, 3.05) is 13.1 Å². The van der Waals surface area contributed by atoms with Crippen LogP contribution in [0.1, 0.15) is 54.1 Å². The third-order valence-electron chi connectivity index (χ3n) is 5.39. The third-order valence-corrected chi connectivity index (χ3v) is 5.39. The Balaban J connectivity index is 1.55. The summed E-state index contributed by atoms with van der Waals surface area (Å²) in [7, 11) is 0. The molecule has 1 saturated heterocycles. The van der Waals surface area contributed by atoms with Gasteiger partial charge >= 0.3 is 5.97 Å². The van der Waals surface area contributed by atoms with Crippen molar-refractivity contribution in [3.05, 3.63) is 71.3 Å². The van der Waals surface area contributed by atoms with Crippen molar-refractivity contribution in [1.29, 1.82) is 5.26 Å². The van der Waals surface area contributed by atoms with Gasteiger partial charge in [0, 0.05) is 13.1 Å². The highest BCUT2D eigenvalue weighted by atomic mass is 16.5. The van der Waals surface area contributed by atoms with E-state index in [1.54, 1.807) is 0 Å². The summed E-state index contributed by atoms with van der Waals surface area (Å²) < 4.78 is 5.39. The van der Waals surface area contributed by atoms with Gasteiger partial charge in [-0.1, -0.05) is 42.5 Å². The highest BCUT2D eigenvalue weighted by molar-refractivity contribution is 5.89. The minimum absolute atomic E-state index is 0.286. The van der Waals surface area contributed by atoms with Crippen LogP contribution in [0, 0.1) is 11.3 Å². The van der Waals surface area contributed by atoms with E-state index in [-0.39, 0.29) is 12.6 Å². The summed E-state index contributed by atoms with van der Waals surface area (Å²) in [5, 5.41) is 9.29. The molecule has 2 aromatic rings. The van der Waals surface area contributed by atoms with Crippen LogP contribution in [0.5, 0.6) is 0 Å². The molecule has 1 heterocycles. The summed E-state index contributed by atoms with van der Waals surface area (Å²) in [6, 6.07) is 19.9. The Morgan fingerprint density at radius 2 is 1.74 bits per heavy atom. The van der Waals surface area contributed by atoms with E-state index in [4.69, 9.17) is 4.74 Å². The maximum atomic E-state index is 12.2. The number of piperidine rings is 1. The SMILES string of the molecule is CC(C)(C#N)N1CCC(c2ccc(C(=O)OCc3ccccc3)cc2)CC1. The lowest BCUT2D eigenvalue weighted by Gasteiger charge is -2.39. The van der Waals surface area contributed by atoms with Crippen molar-refractivity contribution >= 4 is 5.97 Å². The third kappa shape index (κ3) is 4.75. The molecule has 4 heteroatoms. The van der Waals surface area contributed by atoms with Crippen LogP contribution in [-0.4, -0.2) is 29.5 Å². The Morgan fingerprint density at radius 3 is 2.33 bits per heavy atom. The van der Waals surface area contributed by atoms with Crippen molar-refractivity contribution in [2.24, 2.45) is 0 Å². The smallest absolute Gasteiger partial charge is 0.338 e. The van der Waals surface area contributed by atoms with Crippen molar-refractivity contribution in [2.45, 2.75) is 44.8 Å². The average molecular weight is 362 g/mol. The average Bonchev–Trinajstić information content (AvgIpc) is 2.73. The lowest BCUT2D eigenvalue weighted by Crippen LogP contribution is -2.46. The fourth-order valence-corrected chi connectivity index (χ4v) is 3.54. The van der Waals surface area contributed by atoms with Crippen molar-refractivity contribution < 1.29 is 9.53 Å². The maximum Gasteiger partial charge on any atom is 0.338 e. The Labute approximate surface area is 161 Å². The zero-order chi connectivity index (χ0) is 19.3. The molecule has 0 amide bonds. The second-order valence-corrected chi connectivity index (χ2v) is 7.62. The first-order chi connectivity index (χ1) is 13.0. The van der Waals surface area contributed by atoms with E-state index in [0.717, 1.165) is 31.5 Å². The van der Waals surface area contributed by atoms with Crippen LogP contribution in [0.2, 0.25) is 0 Å². The van der Waals surface area contributed by atoms with Gasteiger partial charge < -0.3 is 4.74 Å². The largest absolute Gasteiger partial charge is 0.457 e. The van der Waals surface area contributed by atoms with Gasteiger partial charge in [-0.05, 0) is 55.9 Å². The van der Waals surface area contributed by atoms with E-state index in [0.29, 0.717) is 11.5 Å². The lowest BCUT2D eigenvalue weighted by atomic mass is 9.87. The number of rotatable bonds is 5. The van der Waals surface area contributed by atoms with Crippen LogP contribution in [0.15, 0.2) is 54.6 Å². The van der Waals surface area contributed by atoms with E-state index in [1.165, 1.54) is 5.56 Å². The Hall–Kier alpha value is -2.64. The summed E-state index contributed by atoms with van der Waals surface area (Å²) in [6.07, 6.45) is 2.06. The summed E-state index contributed by atoms with van der Waals surface area (Å²) in [6.45, 7) is 6.08. The molecule has 27 heavy (non-hydrogen) atoms.